The van der Waals surface area contributed by atoms with Crippen LogP contribution in [-0.2, 0) is 9.59 Å². The zero-order valence-corrected chi connectivity index (χ0v) is 13.6. The summed E-state index contributed by atoms with van der Waals surface area (Å²) < 4.78 is 0. The molecule has 0 fully saturated rings. The molecule has 0 aliphatic carbocycles. The summed E-state index contributed by atoms with van der Waals surface area (Å²) >= 11 is 0. The highest BCUT2D eigenvalue weighted by Crippen LogP contribution is 2.39. The van der Waals surface area contributed by atoms with Crippen molar-refractivity contribution < 1.29 is 19.8 Å². The first-order chi connectivity index (χ1) is 12.0. The van der Waals surface area contributed by atoms with Crippen LogP contribution in [0.4, 0.5) is 0 Å². The second-order valence-corrected chi connectivity index (χ2v) is 6.45. The van der Waals surface area contributed by atoms with Crippen molar-refractivity contribution in [2.75, 3.05) is 0 Å². The number of hydrogen-bond donors (Lipinski definition) is 2. The lowest BCUT2D eigenvalue weighted by Gasteiger charge is -2.20. The van der Waals surface area contributed by atoms with Gasteiger partial charge in [0.05, 0.1) is 0 Å². The van der Waals surface area contributed by atoms with Crippen LogP contribution in [0.2, 0.25) is 0 Å². The van der Waals surface area contributed by atoms with Crippen LogP contribution in [0.3, 0.4) is 0 Å². The van der Waals surface area contributed by atoms with E-state index in [2.05, 4.69) is 18.2 Å². The Bertz CT molecular complexity index is 1100. The van der Waals surface area contributed by atoms with Gasteiger partial charge in [-0.15, -0.1) is 0 Å². The number of carboxylic acid groups (broad SMARTS) is 2. The molecule has 0 bridgehead atoms. The van der Waals surface area contributed by atoms with E-state index < -0.39 is 23.8 Å². The second-order valence-electron chi connectivity index (χ2n) is 6.45. The number of carbonyl (C=O) groups is 2. The Kier molecular flexibility index (Phi) is 3.35. The van der Waals surface area contributed by atoms with Crippen LogP contribution in [0.5, 0.6) is 0 Å². The number of carboxylic acids is 2. The van der Waals surface area contributed by atoms with Crippen LogP contribution in [0.25, 0.3) is 32.3 Å². The molecule has 4 heteroatoms. The van der Waals surface area contributed by atoms with Gasteiger partial charge in [0.15, 0.2) is 5.92 Å². The Labute approximate surface area is 143 Å². The highest BCUT2D eigenvalue weighted by atomic mass is 16.4. The third-order valence-electron chi connectivity index (χ3n) is 5.09. The van der Waals surface area contributed by atoms with Gasteiger partial charge < -0.3 is 10.2 Å². The monoisotopic (exact) mass is 332 g/mol. The zero-order valence-electron chi connectivity index (χ0n) is 13.6. The van der Waals surface area contributed by atoms with Crippen LogP contribution in [-0.4, -0.2) is 22.2 Å². The molecule has 124 valence electrons. The molecule has 2 N–H and O–H groups in total. The van der Waals surface area contributed by atoms with Crippen molar-refractivity contribution in [3.63, 3.8) is 0 Å². The maximum atomic E-state index is 11.4. The van der Waals surface area contributed by atoms with Crippen LogP contribution in [0.1, 0.15) is 18.4 Å². The Morgan fingerprint density at radius 1 is 0.760 bits per heavy atom. The average molecular weight is 332 g/mol. The van der Waals surface area contributed by atoms with E-state index in [1.807, 2.05) is 36.4 Å². The standard InChI is InChI=1S/C21H16O4/c1-11(17(20(22)23)21(24)25)15-9-7-14-6-5-12-3-2-4-13-8-10-16(15)19(14)18(12)13/h2-11,17H,1H3,(H,22,23)(H,24,25). The fourth-order valence-electron chi connectivity index (χ4n) is 3.87. The molecule has 0 heterocycles. The minimum absolute atomic E-state index is 0.639. The van der Waals surface area contributed by atoms with Crippen molar-refractivity contribution in [1.82, 2.24) is 0 Å². The molecule has 25 heavy (non-hydrogen) atoms. The van der Waals surface area contributed by atoms with E-state index in [0.29, 0.717) is 0 Å². The summed E-state index contributed by atoms with van der Waals surface area (Å²) in [5.41, 5.74) is 0.751. The van der Waals surface area contributed by atoms with Crippen LogP contribution >= 0.6 is 0 Å². The van der Waals surface area contributed by atoms with E-state index in [-0.39, 0.29) is 0 Å². The van der Waals surface area contributed by atoms with E-state index in [4.69, 9.17) is 0 Å². The van der Waals surface area contributed by atoms with Crippen molar-refractivity contribution in [1.29, 1.82) is 0 Å². The Morgan fingerprint density at radius 3 is 1.88 bits per heavy atom. The molecule has 0 spiro atoms. The summed E-state index contributed by atoms with van der Waals surface area (Å²) in [6, 6.07) is 18.0. The first kappa shape index (κ1) is 15.4. The first-order valence-electron chi connectivity index (χ1n) is 8.11. The highest BCUT2D eigenvalue weighted by Gasteiger charge is 2.33. The Morgan fingerprint density at radius 2 is 1.28 bits per heavy atom. The van der Waals surface area contributed by atoms with Crippen molar-refractivity contribution in [3.8, 4) is 0 Å². The molecule has 1 atom stereocenters. The molecule has 0 aliphatic heterocycles. The van der Waals surface area contributed by atoms with Gasteiger partial charge in [0.25, 0.3) is 0 Å². The van der Waals surface area contributed by atoms with Crippen molar-refractivity contribution in [2.24, 2.45) is 5.92 Å². The minimum atomic E-state index is -1.47. The van der Waals surface area contributed by atoms with Gasteiger partial charge in [0, 0.05) is 5.92 Å². The van der Waals surface area contributed by atoms with Gasteiger partial charge in [-0.1, -0.05) is 61.5 Å². The molecule has 0 saturated heterocycles. The Balaban J connectivity index is 2.05. The van der Waals surface area contributed by atoms with Crippen LogP contribution < -0.4 is 0 Å². The zero-order chi connectivity index (χ0) is 17.7. The van der Waals surface area contributed by atoms with Gasteiger partial charge in [-0.05, 0) is 37.9 Å². The normalized spacial score (nSPS) is 13.0. The molecule has 4 rings (SSSR count). The number of rotatable bonds is 4. The molecular weight excluding hydrogens is 316 g/mol. The highest BCUT2D eigenvalue weighted by molar-refractivity contribution is 6.23. The largest absolute Gasteiger partial charge is 0.481 e. The molecule has 0 aromatic heterocycles. The van der Waals surface area contributed by atoms with E-state index in [1.54, 1.807) is 6.92 Å². The maximum absolute atomic E-state index is 11.4. The molecule has 4 aromatic carbocycles. The van der Waals surface area contributed by atoms with E-state index >= 15 is 0 Å². The fourth-order valence-corrected chi connectivity index (χ4v) is 3.87. The predicted octanol–water partition coefficient (Wildman–Crippen LogP) is 4.47. The molecule has 0 radical (unpaired) electrons. The lowest BCUT2D eigenvalue weighted by molar-refractivity contribution is -0.155. The SMILES string of the molecule is CC(c1ccc2ccc3cccc4ccc1c2c34)C(C(=O)O)C(=O)O. The molecule has 4 aromatic rings. The Hall–Kier alpha value is -3.14. The third-order valence-corrected chi connectivity index (χ3v) is 5.09. The predicted molar refractivity (Wildman–Crippen MR) is 97.3 cm³/mol. The summed E-state index contributed by atoms with van der Waals surface area (Å²) in [7, 11) is 0. The molecule has 0 amide bonds. The summed E-state index contributed by atoms with van der Waals surface area (Å²) in [4.78, 5) is 22.9. The quantitative estimate of drug-likeness (QED) is 0.427. The van der Waals surface area contributed by atoms with Gasteiger partial charge in [0.1, 0.15) is 0 Å². The molecular formula is C21H16O4. The summed E-state index contributed by atoms with van der Waals surface area (Å²) in [5, 5.41) is 25.1. The smallest absolute Gasteiger partial charge is 0.318 e. The molecule has 1 unspecified atom stereocenters. The van der Waals surface area contributed by atoms with Crippen molar-refractivity contribution >= 4 is 44.3 Å². The summed E-state index contributed by atoms with van der Waals surface area (Å²) in [6.45, 7) is 1.67. The van der Waals surface area contributed by atoms with E-state index in [9.17, 15) is 19.8 Å². The summed E-state index contributed by atoms with van der Waals surface area (Å²) in [6.07, 6.45) is 0. The molecule has 4 nitrogen and oxygen atoms in total. The van der Waals surface area contributed by atoms with Crippen molar-refractivity contribution in [2.45, 2.75) is 12.8 Å². The third kappa shape index (κ3) is 2.22. The fraction of sp³-hybridized carbons (Fsp3) is 0.143. The van der Waals surface area contributed by atoms with Crippen molar-refractivity contribution in [3.05, 3.63) is 60.2 Å². The number of benzene rings is 4. The number of aliphatic carboxylic acids is 2. The van der Waals surface area contributed by atoms with Gasteiger partial charge >= 0.3 is 11.9 Å². The minimum Gasteiger partial charge on any atom is -0.481 e. The van der Waals surface area contributed by atoms with Gasteiger partial charge in [-0.2, -0.15) is 0 Å². The number of hydrogen-bond acceptors (Lipinski definition) is 2. The molecule has 0 saturated carbocycles. The van der Waals surface area contributed by atoms with E-state index in [0.717, 1.165) is 37.9 Å². The second kappa shape index (κ2) is 5.45. The lowest BCUT2D eigenvalue weighted by Crippen LogP contribution is -2.28. The van der Waals surface area contributed by atoms with Crippen LogP contribution in [0, 0.1) is 5.92 Å². The maximum Gasteiger partial charge on any atom is 0.318 e. The topological polar surface area (TPSA) is 74.6 Å². The first-order valence-corrected chi connectivity index (χ1v) is 8.11. The lowest BCUT2D eigenvalue weighted by atomic mass is 9.82. The van der Waals surface area contributed by atoms with Crippen LogP contribution in [0.15, 0.2) is 54.6 Å². The molecule has 0 aliphatic rings. The van der Waals surface area contributed by atoms with E-state index in [1.165, 1.54) is 0 Å². The summed E-state index contributed by atoms with van der Waals surface area (Å²) in [5.74, 6) is -4.74. The van der Waals surface area contributed by atoms with Gasteiger partial charge in [-0.25, -0.2) is 0 Å². The van der Waals surface area contributed by atoms with Gasteiger partial charge in [-0.3, -0.25) is 9.59 Å². The average Bonchev–Trinajstić information content (AvgIpc) is 2.58. The van der Waals surface area contributed by atoms with Gasteiger partial charge in [0.2, 0.25) is 0 Å².